The van der Waals surface area contributed by atoms with Gasteiger partial charge in [0.15, 0.2) is 0 Å². The Bertz CT molecular complexity index is 808. The molecule has 1 aromatic carbocycles. The molecular weight excluding hydrogens is 318 g/mol. The molecule has 2 aliphatic carbocycles. The summed E-state index contributed by atoms with van der Waals surface area (Å²) in [6.45, 7) is 2.26. The van der Waals surface area contributed by atoms with Gasteiger partial charge in [0.1, 0.15) is 5.76 Å². The van der Waals surface area contributed by atoms with Crippen molar-refractivity contribution in [2.45, 2.75) is 64.7 Å². The summed E-state index contributed by atoms with van der Waals surface area (Å²) in [4.78, 5) is 0. The lowest BCUT2D eigenvalue weighted by molar-refractivity contribution is 0.363. The van der Waals surface area contributed by atoms with Crippen molar-refractivity contribution in [3.8, 4) is 0 Å². The third-order valence-electron chi connectivity index (χ3n) is 5.83. The van der Waals surface area contributed by atoms with Crippen molar-refractivity contribution >= 4 is 6.08 Å². The van der Waals surface area contributed by atoms with E-state index in [1.165, 1.54) is 52.8 Å². The lowest BCUT2D eigenvalue weighted by atomic mass is 9.77. The van der Waals surface area contributed by atoms with E-state index in [0.29, 0.717) is 5.76 Å². The molecule has 1 aromatic rings. The molecule has 0 aromatic heterocycles. The summed E-state index contributed by atoms with van der Waals surface area (Å²) >= 11 is 0. The van der Waals surface area contributed by atoms with Gasteiger partial charge in [0.05, 0.1) is 5.70 Å². The van der Waals surface area contributed by atoms with Gasteiger partial charge in [-0.15, -0.1) is 0 Å². The highest BCUT2D eigenvalue weighted by atomic mass is 16.3. The summed E-state index contributed by atoms with van der Waals surface area (Å²) in [5, 5.41) is 14.2. The topological polar surface area (TPSA) is 32.3 Å². The molecule has 0 amide bonds. The van der Waals surface area contributed by atoms with Gasteiger partial charge in [-0.3, -0.25) is 0 Å². The lowest BCUT2D eigenvalue weighted by Crippen LogP contribution is -2.29. The molecule has 2 nitrogen and oxygen atoms in total. The smallest absolute Gasteiger partial charge is 0.116 e. The zero-order chi connectivity index (χ0) is 17.9. The van der Waals surface area contributed by atoms with Crippen LogP contribution in [-0.2, 0) is 0 Å². The molecule has 1 heterocycles. The van der Waals surface area contributed by atoms with Crippen molar-refractivity contribution in [3.63, 3.8) is 0 Å². The Kier molecular flexibility index (Phi) is 5.01. The number of fused-ring (bicyclic) bond motifs is 1. The second kappa shape index (κ2) is 7.57. The molecule has 0 bridgehead atoms. The van der Waals surface area contributed by atoms with Gasteiger partial charge in [-0.1, -0.05) is 43.7 Å². The van der Waals surface area contributed by atoms with Crippen molar-refractivity contribution in [1.29, 1.82) is 0 Å². The molecule has 0 radical (unpaired) electrons. The van der Waals surface area contributed by atoms with E-state index in [0.717, 1.165) is 44.2 Å². The first kappa shape index (κ1) is 17.2. The van der Waals surface area contributed by atoms with Gasteiger partial charge in [0.2, 0.25) is 0 Å². The predicted octanol–water partition coefficient (Wildman–Crippen LogP) is 6.55. The SMILES string of the molecule is CCCCC1=C2CCCC(O)=C2NC2=C1CCC/C2=C/c1ccccc1. The lowest BCUT2D eigenvalue weighted by Gasteiger charge is -2.36. The minimum Gasteiger partial charge on any atom is -0.510 e. The molecule has 0 atom stereocenters. The number of hydrogen-bond acceptors (Lipinski definition) is 2. The van der Waals surface area contributed by atoms with Crippen molar-refractivity contribution < 1.29 is 5.11 Å². The highest BCUT2D eigenvalue weighted by Gasteiger charge is 2.31. The predicted molar refractivity (Wildman–Crippen MR) is 108 cm³/mol. The van der Waals surface area contributed by atoms with E-state index < -0.39 is 0 Å². The Morgan fingerprint density at radius 3 is 2.54 bits per heavy atom. The average molecular weight is 348 g/mol. The van der Waals surface area contributed by atoms with E-state index in [1.807, 2.05) is 0 Å². The van der Waals surface area contributed by atoms with E-state index in [9.17, 15) is 5.11 Å². The number of unbranched alkanes of at least 4 members (excludes halogenated alkanes) is 1. The third kappa shape index (κ3) is 3.25. The number of rotatable bonds is 4. The summed E-state index contributed by atoms with van der Waals surface area (Å²) in [6.07, 6.45) is 12.3. The van der Waals surface area contributed by atoms with Crippen LogP contribution in [0.4, 0.5) is 0 Å². The normalized spacial score (nSPS) is 21.7. The van der Waals surface area contributed by atoms with E-state index in [-0.39, 0.29) is 0 Å². The summed E-state index contributed by atoms with van der Waals surface area (Å²) in [7, 11) is 0. The molecule has 1 aliphatic heterocycles. The molecule has 0 unspecified atom stereocenters. The molecule has 0 saturated heterocycles. The Morgan fingerprint density at radius 1 is 0.962 bits per heavy atom. The number of dihydropyridines is 1. The maximum atomic E-state index is 10.6. The van der Waals surface area contributed by atoms with Crippen molar-refractivity contribution in [2.75, 3.05) is 0 Å². The first-order chi connectivity index (χ1) is 12.8. The maximum absolute atomic E-state index is 10.6. The van der Waals surface area contributed by atoms with Crippen LogP contribution in [0.15, 0.2) is 69.8 Å². The molecule has 2 N–H and O–H groups in total. The molecule has 136 valence electrons. The van der Waals surface area contributed by atoms with Gasteiger partial charge < -0.3 is 10.4 Å². The van der Waals surface area contributed by atoms with Crippen molar-refractivity contribution in [3.05, 3.63) is 75.3 Å². The van der Waals surface area contributed by atoms with Crippen LogP contribution in [0.2, 0.25) is 0 Å². The molecule has 0 saturated carbocycles. The molecule has 0 spiro atoms. The van der Waals surface area contributed by atoms with Crippen LogP contribution < -0.4 is 5.32 Å². The summed E-state index contributed by atoms with van der Waals surface area (Å²) < 4.78 is 0. The highest BCUT2D eigenvalue weighted by Crippen LogP contribution is 2.44. The number of hydrogen-bond donors (Lipinski definition) is 2. The largest absolute Gasteiger partial charge is 0.510 e. The minimum absolute atomic E-state index is 0.552. The van der Waals surface area contributed by atoms with Gasteiger partial charge in [0, 0.05) is 12.1 Å². The van der Waals surface area contributed by atoms with Crippen LogP contribution in [0.25, 0.3) is 6.08 Å². The van der Waals surface area contributed by atoms with E-state index >= 15 is 0 Å². The van der Waals surface area contributed by atoms with Crippen LogP contribution in [0.5, 0.6) is 0 Å². The molecule has 3 aliphatic rings. The molecule has 4 rings (SSSR count). The van der Waals surface area contributed by atoms with Crippen LogP contribution >= 0.6 is 0 Å². The number of aliphatic hydroxyl groups excluding tert-OH is 1. The van der Waals surface area contributed by atoms with E-state index in [1.54, 1.807) is 0 Å². The third-order valence-corrected chi connectivity index (χ3v) is 5.83. The van der Waals surface area contributed by atoms with Gasteiger partial charge >= 0.3 is 0 Å². The van der Waals surface area contributed by atoms with Crippen molar-refractivity contribution in [1.82, 2.24) is 5.32 Å². The zero-order valence-electron chi connectivity index (χ0n) is 15.8. The molecular formula is C24H29NO. The maximum Gasteiger partial charge on any atom is 0.116 e. The zero-order valence-corrected chi connectivity index (χ0v) is 15.8. The van der Waals surface area contributed by atoms with Crippen LogP contribution in [0, 0.1) is 0 Å². The number of nitrogens with one attached hydrogen (secondary N) is 1. The fourth-order valence-corrected chi connectivity index (χ4v) is 4.52. The summed E-state index contributed by atoms with van der Waals surface area (Å²) in [5.41, 5.74) is 9.37. The Morgan fingerprint density at radius 2 is 1.73 bits per heavy atom. The molecule has 2 heteroatoms. The fourth-order valence-electron chi connectivity index (χ4n) is 4.52. The molecule has 0 fully saturated rings. The van der Waals surface area contributed by atoms with Gasteiger partial charge in [-0.2, -0.15) is 0 Å². The van der Waals surface area contributed by atoms with Crippen LogP contribution in [0.1, 0.15) is 70.3 Å². The Hall–Kier alpha value is -2.22. The average Bonchev–Trinajstić information content (AvgIpc) is 2.67. The van der Waals surface area contributed by atoms with Crippen molar-refractivity contribution in [2.24, 2.45) is 0 Å². The first-order valence-corrected chi connectivity index (χ1v) is 10.2. The first-order valence-electron chi connectivity index (χ1n) is 10.2. The standard InChI is InChI=1S/C24H29NO/c1-2-3-12-19-20-13-7-11-18(16-17-9-5-4-6-10-17)23(20)25-24-21(19)14-8-15-22(24)26/h4-6,9-10,16,25-26H,2-3,7-8,11-15H2,1H3/b18-16-. The fraction of sp³-hybridized carbons (Fsp3) is 0.417. The summed E-state index contributed by atoms with van der Waals surface area (Å²) in [5.74, 6) is 0.552. The van der Waals surface area contributed by atoms with Crippen LogP contribution in [-0.4, -0.2) is 5.11 Å². The second-order valence-electron chi connectivity index (χ2n) is 7.65. The quantitative estimate of drug-likeness (QED) is 0.647. The summed E-state index contributed by atoms with van der Waals surface area (Å²) in [6, 6.07) is 10.6. The molecule has 26 heavy (non-hydrogen) atoms. The van der Waals surface area contributed by atoms with E-state index in [2.05, 4.69) is 48.6 Å². The monoisotopic (exact) mass is 347 g/mol. The van der Waals surface area contributed by atoms with E-state index in [4.69, 9.17) is 0 Å². The highest BCUT2D eigenvalue weighted by molar-refractivity contribution is 5.65. The number of allylic oxidation sites excluding steroid dienone is 5. The number of aliphatic hydroxyl groups is 1. The Labute approximate surface area is 157 Å². The van der Waals surface area contributed by atoms with Crippen LogP contribution in [0.3, 0.4) is 0 Å². The second-order valence-corrected chi connectivity index (χ2v) is 7.65. The number of benzene rings is 1. The minimum atomic E-state index is 0.552. The van der Waals surface area contributed by atoms with Gasteiger partial charge in [-0.05, 0) is 78.9 Å². The van der Waals surface area contributed by atoms with Gasteiger partial charge in [0.25, 0.3) is 0 Å². The Balaban J connectivity index is 1.81. The van der Waals surface area contributed by atoms with Gasteiger partial charge in [-0.25, -0.2) is 0 Å².